The van der Waals surface area contributed by atoms with Crippen molar-refractivity contribution < 1.29 is 4.42 Å². The number of hydrogen-bond donors (Lipinski definition) is 0. The fourth-order valence-corrected chi connectivity index (χ4v) is 4.29. The topological polar surface area (TPSA) is 73.8 Å². The van der Waals surface area contributed by atoms with Crippen molar-refractivity contribution in [2.24, 2.45) is 0 Å². The van der Waals surface area contributed by atoms with Gasteiger partial charge in [-0.1, -0.05) is 35.5 Å². The van der Waals surface area contributed by atoms with Crippen LogP contribution in [-0.2, 0) is 5.75 Å². The Morgan fingerprint density at radius 2 is 1.88 bits per heavy atom. The summed E-state index contributed by atoms with van der Waals surface area (Å²) in [6, 6.07) is 18.4. The van der Waals surface area contributed by atoms with Crippen LogP contribution in [-0.4, -0.2) is 19.5 Å². The summed E-state index contributed by atoms with van der Waals surface area (Å²) < 4.78 is 7.45. The molecule has 0 atom stereocenters. The number of oxazole rings is 1. The highest BCUT2D eigenvalue weighted by atomic mass is 35.5. The minimum Gasteiger partial charge on any atom is -0.440 e. The number of halogens is 1. The van der Waals surface area contributed by atoms with E-state index in [4.69, 9.17) is 21.0 Å². The maximum atomic E-state index is 13.3. The largest absolute Gasteiger partial charge is 0.440 e. The van der Waals surface area contributed by atoms with E-state index in [2.05, 4.69) is 9.97 Å². The summed E-state index contributed by atoms with van der Waals surface area (Å²) in [5.74, 6) is 2.13. The van der Waals surface area contributed by atoms with Crippen LogP contribution in [0.15, 0.2) is 87.4 Å². The quantitative estimate of drug-likeness (QED) is 0.248. The predicted molar refractivity (Wildman–Crippen MR) is 126 cm³/mol. The molecule has 0 aliphatic rings. The van der Waals surface area contributed by atoms with Gasteiger partial charge < -0.3 is 4.42 Å². The molecule has 0 radical (unpaired) electrons. The van der Waals surface area contributed by atoms with Crippen molar-refractivity contribution in [3.8, 4) is 17.1 Å². The molecule has 0 saturated carbocycles. The normalized spacial score (nSPS) is 11.2. The maximum Gasteiger partial charge on any atom is 0.267 e. The zero-order valence-corrected chi connectivity index (χ0v) is 18.6. The van der Waals surface area contributed by atoms with Crippen LogP contribution in [0.2, 0.25) is 5.02 Å². The first-order valence-corrected chi connectivity index (χ1v) is 11.2. The number of aromatic nitrogens is 4. The van der Waals surface area contributed by atoms with Crippen LogP contribution in [0, 0.1) is 6.92 Å². The predicted octanol–water partition coefficient (Wildman–Crippen LogP) is 5.69. The number of hydrogen-bond acceptors (Lipinski definition) is 6. The van der Waals surface area contributed by atoms with Crippen molar-refractivity contribution in [1.82, 2.24) is 19.5 Å². The molecular weight excluding hydrogens is 444 g/mol. The average Bonchev–Trinajstić information content (AvgIpc) is 3.27. The van der Waals surface area contributed by atoms with E-state index in [0.717, 1.165) is 11.1 Å². The van der Waals surface area contributed by atoms with E-state index < -0.39 is 0 Å². The summed E-state index contributed by atoms with van der Waals surface area (Å²) >= 11 is 7.34. The molecule has 32 heavy (non-hydrogen) atoms. The van der Waals surface area contributed by atoms with Crippen LogP contribution in [0.3, 0.4) is 0 Å². The standard InChI is InChI=1S/C24H17ClN4O2S/c1-15-10-11-26-21(12-15)29-23(30)18-4-2-3-5-19(18)28-24(29)32-14-22-27-13-20(31-22)16-6-8-17(25)9-7-16/h2-13H,14H2,1H3. The lowest BCUT2D eigenvalue weighted by Gasteiger charge is -2.12. The van der Waals surface area contributed by atoms with Crippen LogP contribution in [0.5, 0.6) is 0 Å². The van der Waals surface area contributed by atoms with E-state index in [9.17, 15) is 4.79 Å². The molecule has 0 spiro atoms. The molecule has 0 saturated heterocycles. The van der Waals surface area contributed by atoms with Gasteiger partial charge in [0.25, 0.3) is 5.56 Å². The van der Waals surface area contributed by atoms with E-state index in [0.29, 0.717) is 44.3 Å². The Labute approximate surface area is 192 Å². The fourth-order valence-electron chi connectivity index (χ4n) is 3.30. The van der Waals surface area contributed by atoms with E-state index >= 15 is 0 Å². The lowest BCUT2D eigenvalue weighted by molar-refractivity contribution is 0.529. The van der Waals surface area contributed by atoms with Crippen LogP contribution in [0.4, 0.5) is 0 Å². The van der Waals surface area contributed by atoms with E-state index in [1.807, 2.05) is 49.4 Å². The molecule has 0 fully saturated rings. The van der Waals surface area contributed by atoms with Gasteiger partial charge in [0, 0.05) is 16.8 Å². The summed E-state index contributed by atoms with van der Waals surface area (Å²) in [6.45, 7) is 1.96. The molecule has 6 nitrogen and oxygen atoms in total. The number of para-hydroxylation sites is 1. The average molecular weight is 461 g/mol. The molecule has 5 rings (SSSR count). The third-order valence-corrected chi connectivity index (χ3v) is 6.06. The smallest absolute Gasteiger partial charge is 0.267 e. The molecule has 3 heterocycles. The first-order valence-electron chi connectivity index (χ1n) is 9.87. The molecule has 158 valence electrons. The molecule has 8 heteroatoms. The van der Waals surface area contributed by atoms with Crippen molar-refractivity contribution in [2.45, 2.75) is 17.8 Å². The molecular formula is C24H17ClN4O2S. The number of pyridine rings is 1. The molecule has 3 aromatic heterocycles. The Bertz CT molecular complexity index is 1480. The number of benzene rings is 2. The van der Waals surface area contributed by atoms with Crippen molar-refractivity contribution in [3.05, 3.63) is 99.9 Å². The van der Waals surface area contributed by atoms with Gasteiger partial charge in [0.1, 0.15) is 5.82 Å². The number of thioether (sulfide) groups is 1. The lowest BCUT2D eigenvalue weighted by Crippen LogP contribution is -2.22. The molecule has 0 bridgehead atoms. The highest BCUT2D eigenvalue weighted by Crippen LogP contribution is 2.27. The summed E-state index contributed by atoms with van der Waals surface area (Å²) in [5, 5.41) is 1.73. The Kier molecular flexibility index (Phi) is 5.51. The highest BCUT2D eigenvalue weighted by molar-refractivity contribution is 7.98. The van der Waals surface area contributed by atoms with Gasteiger partial charge in [0.05, 0.1) is 22.9 Å². The number of nitrogens with zero attached hydrogens (tertiary/aromatic N) is 4. The molecule has 0 amide bonds. The van der Waals surface area contributed by atoms with Crippen LogP contribution in [0.1, 0.15) is 11.5 Å². The zero-order valence-electron chi connectivity index (χ0n) is 17.0. The highest BCUT2D eigenvalue weighted by Gasteiger charge is 2.16. The molecule has 0 aliphatic heterocycles. The molecule has 0 unspecified atom stereocenters. The molecule has 0 aliphatic carbocycles. The Morgan fingerprint density at radius 3 is 2.69 bits per heavy atom. The third kappa shape index (κ3) is 4.04. The second-order valence-electron chi connectivity index (χ2n) is 7.16. The van der Waals surface area contributed by atoms with Crippen LogP contribution >= 0.6 is 23.4 Å². The van der Waals surface area contributed by atoms with Crippen LogP contribution in [0.25, 0.3) is 28.0 Å². The first-order chi connectivity index (χ1) is 15.6. The van der Waals surface area contributed by atoms with Crippen LogP contribution < -0.4 is 5.56 Å². The minimum absolute atomic E-state index is 0.162. The van der Waals surface area contributed by atoms with Gasteiger partial charge in [-0.2, -0.15) is 0 Å². The Hall–Kier alpha value is -3.42. The van der Waals surface area contributed by atoms with Gasteiger partial charge in [-0.25, -0.2) is 19.5 Å². The van der Waals surface area contributed by atoms with Gasteiger partial charge in [-0.3, -0.25) is 4.79 Å². The van der Waals surface area contributed by atoms with Gasteiger partial charge in [0.2, 0.25) is 5.89 Å². The molecule has 2 aromatic carbocycles. The van der Waals surface area contributed by atoms with Gasteiger partial charge >= 0.3 is 0 Å². The molecule has 0 N–H and O–H groups in total. The summed E-state index contributed by atoms with van der Waals surface area (Å²) in [5.41, 5.74) is 2.37. The van der Waals surface area contributed by atoms with E-state index in [-0.39, 0.29) is 5.56 Å². The maximum absolute atomic E-state index is 13.3. The van der Waals surface area contributed by atoms with Crippen molar-refractivity contribution in [2.75, 3.05) is 0 Å². The van der Waals surface area contributed by atoms with Crippen molar-refractivity contribution in [3.63, 3.8) is 0 Å². The Balaban J connectivity index is 1.51. The second-order valence-corrected chi connectivity index (χ2v) is 8.54. The monoisotopic (exact) mass is 460 g/mol. The molecule has 5 aromatic rings. The Morgan fingerprint density at radius 1 is 1.06 bits per heavy atom. The second kappa shape index (κ2) is 8.61. The number of rotatable bonds is 5. The van der Waals surface area contributed by atoms with Gasteiger partial charge in [-0.15, -0.1) is 0 Å². The van der Waals surface area contributed by atoms with Crippen molar-refractivity contribution >= 4 is 34.3 Å². The van der Waals surface area contributed by atoms with Crippen molar-refractivity contribution in [1.29, 1.82) is 0 Å². The number of aryl methyl sites for hydroxylation is 1. The summed E-state index contributed by atoms with van der Waals surface area (Å²) in [7, 11) is 0. The SMILES string of the molecule is Cc1ccnc(-n2c(SCc3ncc(-c4ccc(Cl)cc4)o3)nc3ccccc3c2=O)c1. The fraction of sp³-hybridized carbons (Fsp3) is 0.0833. The minimum atomic E-state index is -0.162. The summed E-state index contributed by atoms with van der Waals surface area (Å²) in [6.07, 6.45) is 3.37. The lowest BCUT2D eigenvalue weighted by atomic mass is 10.2. The van der Waals surface area contributed by atoms with Gasteiger partial charge in [-0.05, 0) is 61.0 Å². The van der Waals surface area contributed by atoms with E-state index in [1.54, 1.807) is 35.2 Å². The third-order valence-electron chi connectivity index (χ3n) is 4.88. The van der Waals surface area contributed by atoms with E-state index in [1.165, 1.54) is 11.8 Å². The van der Waals surface area contributed by atoms with Gasteiger partial charge in [0.15, 0.2) is 10.9 Å². The number of fused-ring (bicyclic) bond motifs is 1. The first kappa shape index (κ1) is 20.5. The zero-order chi connectivity index (χ0) is 22.1. The summed E-state index contributed by atoms with van der Waals surface area (Å²) in [4.78, 5) is 26.8.